The number of halogens is 1. The molecule has 1 aliphatic heterocycles. The summed E-state index contributed by atoms with van der Waals surface area (Å²) in [4.78, 5) is 4.48. The summed E-state index contributed by atoms with van der Waals surface area (Å²) >= 11 is 6.79. The molecule has 0 unspecified atom stereocenters. The van der Waals surface area contributed by atoms with Gasteiger partial charge in [-0.1, -0.05) is 54.1 Å². The Balaban J connectivity index is 1.45. The van der Waals surface area contributed by atoms with Crippen LogP contribution in [-0.4, -0.2) is 27.7 Å². The summed E-state index contributed by atoms with van der Waals surface area (Å²) in [5, 5.41) is 39.1. The van der Waals surface area contributed by atoms with Crippen LogP contribution in [0.1, 0.15) is 54.9 Å². The highest BCUT2D eigenvalue weighted by atomic mass is 35.5. The lowest BCUT2D eigenvalue weighted by Gasteiger charge is -2.24. The maximum atomic E-state index is 10.0. The molecule has 4 aromatic rings. The molecule has 210 valence electrons. The van der Waals surface area contributed by atoms with Crippen molar-refractivity contribution in [3.8, 4) is 12.1 Å². The van der Waals surface area contributed by atoms with E-state index in [2.05, 4.69) is 38.7 Å². The summed E-state index contributed by atoms with van der Waals surface area (Å²) in [7, 11) is 0. The first kappa shape index (κ1) is 26.1. The Bertz CT molecular complexity index is 1780. The normalized spacial score (nSPS) is 16.8. The number of nitrogens with zero attached hydrogens (tertiary/aromatic N) is 4. The number of fused-ring (bicyclic) bond motifs is 1. The van der Waals surface area contributed by atoms with Crippen LogP contribution in [0.3, 0.4) is 0 Å². The summed E-state index contributed by atoms with van der Waals surface area (Å²) in [6.45, 7) is -0.0534. The van der Waals surface area contributed by atoms with Gasteiger partial charge in [-0.15, -0.1) is 5.53 Å². The largest absolute Gasteiger partial charge is 0.396 e. The van der Waals surface area contributed by atoms with Gasteiger partial charge < -0.3 is 21.2 Å². The number of aliphatic hydroxyl groups excluding tert-OH is 1. The molecule has 3 aromatic carbocycles. The summed E-state index contributed by atoms with van der Waals surface area (Å²) in [6, 6.07) is 23.1. The molecule has 0 amide bonds. The quantitative estimate of drug-likeness (QED) is 0.162. The van der Waals surface area contributed by atoms with Crippen LogP contribution in [-0.2, 0) is 0 Å². The Morgan fingerprint density at radius 1 is 1.07 bits per heavy atom. The predicted octanol–water partition coefficient (Wildman–Crippen LogP) is 5.65. The second-order valence-corrected chi connectivity index (χ2v) is 10.7. The van der Waals surface area contributed by atoms with Gasteiger partial charge in [0.05, 0.1) is 52.6 Å². The van der Waals surface area contributed by atoms with Crippen LogP contribution in [0.2, 0.25) is 5.02 Å². The fraction of sp³-hybridized carbons (Fsp3) is 0.219. The number of nitrogens with one attached hydrogen (secondary N) is 4. The first-order chi connectivity index (χ1) is 20.9. The van der Waals surface area contributed by atoms with E-state index in [-0.39, 0.29) is 12.6 Å². The van der Waals surface area contributed by atoms with Crippen LogP contribution >= 0.6 is 11.6 Å². The topological polar surface area (TPSA) is 132 Å². The van der Waals surface area contributed by atoms with E-state index in [1.165, 1.54) is 6.20 Å². The van der Waals surface area contributed by atoms with Gasteiger partial charge in [-0.2, -0.15) is 10.5 Å². The first-order valence-corrected chi connectivity index (χ1v) is 14.1. The maximum absolute atomic E-state index is 10.0. The van der Waals surface area contributed by atoms with Crippen LogP contribution in [0.25, 0.3) is 10.9 Å². The van der Waals surface area contributed by atoms with Crippen LogP contribution in [0.4, 0.5) is 11.4 Å². The van der Waals surface area contributed by atoms with Crippen molar-refractivity contribution in [1.82, 2.24) is 21.0 Å². The lowest BCUT2D eigenvalue weighted by Crippen LogP contribution is -2.38. The number of nitriles is 2. The monoisotopic (exact) mass is 577 g/mol. The minimum atomic E-state index is -1.54. The van der Waals surface area contributed by atoms with Crippen molar-refractivity contribution in [3.05, 3.63) is 112 Å². The lowest BCUT2D eigenvalue weighted by atomic mass is 10.0. The van der Waals surface area contributed by atoms with Crippen LogP contribution in [0.5, 0.6) is 0 Å². The molecule has 10 heteroatoms. The van der Waals surface area contributed by atoms with Crippen molar-refractivity contribution < 1.29 is 6.48 Å². The number of rotatable bonds is 10. The van der Waals surface area contributed by atoms with E-state index in [9.17, 15) is 17.0 Å². The molecule has 6 rings (SSSR count). The van der Waals surface area contributed by atoms with Crippen LogP contribution in [0, 0.1) is 22.7 Å². The molecule has 1 saturated carbocycles. The van der Waals surface area contributed by atoms with Gasteiger partial charge in [-0.25, -0.2) is 0 Å². The van der Waals surface area contributed by atoms with E-state index < -0.39 is 6.02 Å². The van der Waals surface area contributed by atoms with E-state index in [0.29, 0.717) is 62.2 Å². The third-order valence-corrected chi connectivity index (χ3v) is 7.62. The number of anilines is 2. The minimum Gasteiger partial charge on any atom is -0.396 e. The van der Waals surface area contributed by atoms with Gasteiger partial charge in [0.25, 0.3) is 0 Å². The Kier molecular flexibility index (Phi) is 7.45. The number of hydrogen-bond donors (Lipinski definition) is 5. The fourth-order valence-electron chi connectivity index (χ4n) is 5.07. The fourth-order valence-corrected chi connectivity index (χ4v) is 5.34. The molecule has 0 bridgehead atoms. The molecule has 5 N–H and O–H groups in total. The van der Waals surface area contributed by atoms with Crippen molar-refractivity contribution in [2.45, 2.75) is 37.4 Å². The molecule has 1 aromatic heterocycles. The average Bonchev–Trinajstić information content (AvgIpc) is 3.76. The smallest absolute Gasteiger partial charge is 0.103 e. The molecule has 2 heterocycles. The third-order valence-electron chi connectivity index (χ3n) is 7.33. The Morgan fingerprint density at radius 2 is 1.88 bits per heavy atom. The molecule has 2 atom stereocenters. The van der Waals surface area contributed by atoms with Crippen molar-refractivity contribution in [1.29, 1.82) is 10.5 Å². The first-order valence-electron chi connectivity index (χ1n) is 14.2. The van der Waals surface area contributed by atoms with Crippen molar-refractivity contribution in [2.24, 2.45) is 0 Å². The van der Waals surface area contributed by atoms with Crippen molar-refractivity contribution in [3.63, 3.8) is 0 Å². The molecular weight excluding hydrogens is 548 g/mol. The summed E-state index contributed by atoms with van der Waals surface area (Å²) in [6.07, 6.45) is 5.90. The number of aromatic nitrogens is 1. The van der Waals surface area contributed by atoms with Gasteiger partial charge in [0, 0.05) is 36.1 Å². The zero-order chi connectivity index (χ0) is 30.0. The van der Waals surface area contributed by atoms with E-state index in [1.54, 1.807) is 30.3 Å². The lowest BCUT2D eigenvalue weighted by molar-refractivity contribution is 0.260. The third kappa shape index (κ3) is 5.67. The molecular formula is C32H29ClN8O. The second-order valence-electron chi connectivity index (χ2n) is 10.2. The predicted molar refractivity (Wildman–Crippen MR) is 163 cm³/mol. The van der Waals surface area contributed by atoms with Crippen molar-refractivity contribution in [2.75, 3.05) is 17.2 Å². The highest BCUT2D eigenvalue weighted by Crippen LogP contribution is 2.38. The summed E-state index contributed by atoms with van der Waals surface area (Å²) in [5.74, 6) is 0. The highest BCUT2D eigenvalue weighted by Gasteiger charge is 2.32. The van der Waals surface area contributed by atoms with Crippen LogP contribution < -0.4 is 21.6 Å². The highest BCUT2D eigenvalue weighted by molar-refractivity contribution is 6.35. The Labute approximate surface area is 250 Å². The van der Waals surface area contributed by atoms with Gasteiger partial charge in [-0.3, -0.25) is 9.99 Å². The zero-order valence-electron chi connectivity index (χ0n) is 23.6. The molecule has 0 spiro atoms. The van der Waals surface area contributed by atoms with E-state index in [0.717, 1.165) is 18.4 Å². The number of benzene rings is 3. The van der Waals surface area contributed by atoms with Gasteiger partial charge in [0.2, 0.25) is 0 Å². The zero-order valence-corrected chi connectivity index (χ0v) is 23.4. The molecule has 0 saturated heterocycles. The second kappa shape index (κ2) is 12.0. The van der Waals surface area contributed by atoms with Gasteiger partial charge in [-0.05, 0) is 54.7 Å². The molecule has 1 aliphatic carbocycles. The number of aliphatic hydroxyl groups is 1. The van der Waals surface area contributed by atoms with Crippen molar-refractivity contribution >= 4 is 33.9 Å². The summed E-state index contributed by atoms with van der Waals surface area (Å²) in [5.41, 5.74) is 10.6. The van der Waals surface area contributed by atoms with E-state index in [4.69, 9.17) is 11.6 Å². The molecule has 0 radical (unpaired) electrons. The average molecular weight is 578 g/mol. The SMILES string of the molecule is [2H][C@@](Nc1cc(Cl)c2ncc(C#N)c(N[C@H](CCO)c3ccccc3)c2c1)(C1=CN(C2CC2)NN1)c1cccc(C#N)c1. The molecule has 9 nitrogen and oxygen atoms in total. The number of hydrogen-bond acceptors (Lipinski definition) is 9. The molecule has 42 heavy (non-hydrogen) atoms. The van der Waals surface area contributed by atoms with E-state index >= 15 is 0 Å². The van der Waals surface area contributed by atoms with Gasteiger partial charge in [0.1, 0.15) is 6.07 Å². The number of pyridine rings is 1. The molecule has 2 aliphatic rings. The van der Waals surface area contributed by atoms with E-state index in [1.807, 2.05) is 47.6 Å². The summed E-state index contributed by atoms with van der Waals surface area (Å²) < 4.78 is 9.74. The van der Waals surface area contributed by atoms with Gasteiger partial charge >= 0.3 is 0 Å². The standard InChI is InChI=1S/C32H29ClN8O/c33-27-15-24(37-31(22-8-4-5-20(13-22)16-34)29-19-41(40-39-29)25-9-10-25)14-26-30(23(17-35)18-36-32(26)27)38-28(11-12-42)21-6-2-1-3-7-21/h1-8,13-15,18-19,25,28,31,37,39-40,42H,9-12H2,(H,36,38)/t28-,31+/m1/s1/i31D. The van der Waals surface area contributed by atoms with Crippen LogP contribution in [0.15, 0.2) is 84.8 Å². The Morgan fingerprint density at radius 3 is 2.62 bits per heavy atom. The Hall–Kier alpha value is -4.80. The number of hydrazine groups is 2. The maximum Gasteiger partial charge on any atom is 0.103 e. The molecule has 1 fully saturated rings. The minimum absolute atomic E-state index is 0.0534. The van der Waals surface area contributed by atoms with Gasteiger partial charge in [0.15, 0.2) is 0 Å².